The van der Waals surface area contributed by atoms with Crippen molar-refractivity contribution in [2.75, 3.05) is 6.61 Å². The monoisotopic (exact) mass is 317 g/mol. The van der Waals surface area contributed by atoms with Crippen molar-refractivity contribution in [1.29, 1.82) is 0 Å². The third-order valence-electron chi connectivity index (χ3n) is 3.38. The van der Waals surface area contributed by atoms with Gasteiger partial charge in [0.2, 0.25) is 0 Å². The third kappa shape index (κ3) is 2.46. The number of esters is 1. The number of aromatic amines is 1. The van der Waals surface area contributed by atoms with Crippen LogP contribution in [-0.4, -0.2) is 17.6 Å². The topological polar surface area (TPSA) is 42.1 Å². The van der Waals surface area contributed by atoms with Crippen LogP contribution < -0.4 is 0 Å². The summed E-state index contributed by atoms with van der Waals surface area (Å²) in [7, 11) is 0. The molecular weight excluding hydrogens is 305 g/mol. The van der Waals surface area contributed by atoms with Crippen molar-refractivity contribution >= 4 is 28.5 Å². The van der Waals surface area contributed by atoms with Gasteiger partial charge in [-0.1, -0.05) is 29.8 Å². The zero-order valence-corrected chi connectivity index (χ0v) is 12.6. The number of hydrogen-bond donors (Lipinski definition) is 1. The summed E-state index contributed by atoms with van der Waals surface area (Å²) in [5, 5.41) is 1.23. The largest absolute Gasteiger partial charge is 0.461 e. The summed E-state index contributed by atoms with van der Waals surface area (Å²) >= 11 is 6.26. The highest BCUT2D eigenvalue weighted by Gasteiger charge is 2.21. The molecule has 0 radical (unpaired) electrons. The Morgan fingerprint density at radius 1 is 1.27 bits per heavy atom. The Morgan fingerprint density at radius 3 is 2.77 bits per heavy atom. The smallest absolute Gasteiger partial charge is 0.355 e. The van der Waals surface area contributed by atoms with Crippen molar-refractivity contribution in [1.82, 2.24) is 4.98 Å². The van der Waals surface area contributed by atoms with Gasteiger partial charge >= 0.3 is 5.97 Å². The number of carbonyl (C=O) groups excluding carboxylic acids is 1. The Hall–Kier alpha value is -2.33. The number of aromatic nitrogens is 1. The minimum absolute atomic E-state index is 0.254. The molecular formula is C17H13ClFNO2. The number of benzene rings is 2. The van der Waals surface area contributed by atoms with Crippen molar-refractivity contribution in [3.8, 4) is 11.1 Å². The molecule has 0 aliphatic carbocycles. The predicted molar refractivity (Wildman–Crippen MR) is 84.7 cm³/mol. The molecule has 0 spiro atoms. The number of H-pyrrole nitrogens is 1. The summed E-state index contributed by atoms with van der Waals surface area (Å²) in [6.45, 7) is 1.99. The Labute approximate surface area is 131 Å². The van der Waals surface area contributed by atoms with Gasteiger partial charge < -0.3 is 9.72 Å². The average Bonchev–Trinajstić information content (AvgIpc) is 2.86. The highest BCUT2D eigenvalue weighted by Crippen LogP contribution is 2.37. The van der Waals surface area contributed by atoms with Crippen molar-refractivity contribution in [2.45, 2.75) is 6.92 Å². The molecule has 0 aliphatic heterocycles. The molecule has 0 unspecified atom stereocenters. The van der Waals surface area contributed by atoms with Crippen LogP contribution in [-0.2, 0) is 4.74 Å². The van der Waals surface area contributed by atoms with Crippen LogP contribution in [0.1, 0.15) is 17.4 Å². The van der Waals surface area contributed by atoms with E-state index in [4.69, 9.17) is 16.3 Å². The number of nitrogens with one attached hydrogen (secondary N) is 1. The lowest BCUT2D eigenvalue weighted by molar-refractivity contribution is 0.0521. The van der Waals surface area contributed by atoms with Gasteiger partial charge in [0.15, 0.2) is 0 Å². The summed E-state index contributed by atoms with van der Waals surface area (Å²) < 4.78 is 18.5. The standard InChI is InChI=1S/C17H13ClFNO2/c1-2-22-17(21)16-15(11-5-3-4-6-13(11)18)12-8-7-10(19)9-14(12)20-16/h3-9,20H,2H2,1H3. The van der Waals surface area contributed by atoms with E-state index in [0.717, 1.165) is 5.39 Å². The van der Waals surface area contributed by atoms with E-state index in [1.165, 1.54) is 12.1 Å². The fourth-order valence-corrected chi connectivity index (χ4v) is 2.70. The van der Waals surface area contributed by atoms with Crippen LogP contribution in [0.15, 0.2) is 42.5 Å². The molecule has 1 N–H and O–H groups in total. The summed E-state index contributed by atoms with van der Waals surface area (Å²) in [6.07, 6.45) is 0. The maximum atomic E-state index is 13.4. The van der Waals surface area contributed by atoms with Crippen LogP contribution in [0, 0.1) is 5.82 Å². The number of rotatable bonds is 3. The maximum absolute atomic E-state index is 13.4. The number of fused-ring (bicyclic) bond motifs is 1. The Morgan fingerprint density at radius 2 is 2.05 bits per heavy atom. The Kier molecular flexibility index (Phi) is 3.86. The van der Waals surface area contributed by atoms with E-state index in [9.17, 15) is 9.18 Å². The Bertz CT molecular complexity index is 857. The fraction of sp³-hybridized carbons (Fsp3) is 0.118. The van der Waals surface area contributed by atoms with Crippen molar-refractivity contribution in [3.63, 3.8) is 0 Å². The lowest BCUT2D eigenvalue weighted by Crippen LogP contribution is -2.06. The average molecular weight is 318 g/mol. The SMILES string of the molecule is CCOC(=O)c1[nH]c2cc(F)ccc2c1-c1ccccc1Cl. The van der Waals surface area contributed by atoms with Crippen LogP contribution in [0.25, 0.3) is 22.0 Å². The molecule has 3 nitrogen and oxygen atoms in total. The molecule has 1 aromatic heterocycles. The molecule has 3 rings (SSSR count). The number of carbonyl (C=O) groups is 1. The number of ether oxygens (including phenoxy) is 1. The van der Waals surface area contributed by atoms with E-state index < -0.39 is 5.97 Å². The van der Waals surface area contributed by atoms with Crippen LogP contribution in [0.4, 0.5) is 4.39 Å². The third-order valence-corrected chi connectivity index (χ3v) is 3.71. The number of hydrogen-bond acceptors (Lipinski definition) is 2. The van der Waals surface area contributed by atoms with Crippen LogP contribution in [0.5, 0.6) is 0 Å². The second-order valence-corrected chi connectivity index (χ2v) is 5.17. The molecule has 22 heavy (non-hydrogen) atoms. The van der Waals surface area contributed by atoms with Gasteiger partial charge in [-0.2, -0.15) is 0 Å². The molecule has 0 saturated carbocycles. The predicted octanol–water partition coefficient (Wildman–Crippen LogP) is 4.80. The molecule has 3 aromatic rings. The highest BCUT2D eigenvalue weighted by atomic mass is 35.5. The van der Waals surface area contributed by atoms with Gasteiger partial charge in [0.1, 0.15) is 11.5 Å². The first kappa shape index (κ1) is 14.6. The lowest BCUT2D eigenvalue weighted by Gasteiger charge is -2.06. The first-order chi connectivity index (χ1) is 10.6. The molecule has 0 fully saturated rings. The first-order valence-electron chi connectivity index (χ1n) is 6.85. The van der Waals surface area contributed by atoms with Gasteiger partial charge in [-0.15, -0.1) is 0 Å². The molecule has 2 aromatic carbocycles. The van der Waals surface area contributed by atoms with E-state index in [1.54, 1.807) is 19.1 Å². The summed E-state index contributed by atoms with van der Waals surface area (Å²) in [5.74, 6) is -0.871. The summed E-state index contributed by atoms with van der Waals surface area (Å²) in [6, 6.07) is 11.5. The number of halogens is 2. The first-order valence-corrected chi connectivity index (χ1v) is 7.23. The maximum Gasteiger partial charge on any atom is 0.355 e. The van der Waals surface area contributed by atoms with E-state index in [1.807, 2.05) is 18.2 Å². The van der Waals surface area contributed by atoms with Crippen molar-refractivity contribution in [2.24, 2.45) is 0 Å². The van der Waals surface area contributed by atoms with Crippen molar-refractivity contribution in [3.05, 3.63) is 59.0 Å². The van der Waals surface area contributed by atoms with E-state index in [2.05, 4.69) is 4.98 Å². The fourth-order valence-electron chi connectivity index (χ4n) is 2.47. The minimum atomic E-state index is -0.492. The molecule has 0 aliphatic rings. The quantitative estimate of drug-likeness (QED) is 0.705. The zero-order valence-electron chi connectivity index (χ0n) is 11.8. The van der Waals surface area contributed by atoms with Gasteiger partial charge in [0, 0.05) is 27.1 Å². The van der Waals surface area contributed by atoms with Gasteiger partial charge in [-0.25, -0.2) is 9.18 Å². The van der Waals surface area contributed by atoms with Crippen LogP contribution in [0.3, 0.4) is 0 Å². The van der Waals surface area contributed by atoms with E-state index in [0.29, 0.717) is 21.7 Å². The normalized spacial score (nSPS) is 10.9. The summed E-state index contributed by atoms with van der Waals surface area (Å²) in [4.78, 5) is 15.2. The molecule has 0 saturated heterocycles. The molecule has 0 bridgehead atoms. The van der Waals surface area contributed by atoms with E-state index in [-0.39, 0.29) is 18.1 Å². The molecule has 0 amide bonds. The second kappa shape index (κ2) is 5.81. The Balaban J connectivity index is 2.32. The van der Waals surface area contributed by atoms with Crippen molar-refractivity contribution < 1.29 is 13.9 Å². The summed E-state index contributed by atoms with van der Waals surface area (Å²) in [5.41, 5.74) is 2.12. The van der Waals surface area contributed by atoms with Gasteiger partial charge in [0.05, 0.1) is 6.61 Å². The lowest BCUT2D eigenvalue weighted by atomic mass is 10.0. The molecule has 112 valence electrons. The van der Waals surface area contributed by atoms with Gasteiger partial charge in [-0.3, -0.25) is 0 Å². The minimum Gasteiger partial charge on any atom is -0.461 e. The van der Waals surface area contributed by atoms with Crippen LogP contribution in [0.2, 0.25) is 5.02 Å². The second-order valence-electron chi connectivity index (χ2n) is 4.77. The molecule has 5 heteroatoms. The molecule has 1 heterocycles. The van der Waals surface area contributed by atoms with Gasteiger partial charge in [0.25, 0.3) is 0 Å². The zero-order chi connectivity index (χ0) is 15.7. The van der Waals surface area contributed by atoms with Crippen LogP contribution >= 0.6 is 11.6 Å². The molecule has 0 atom stereocenters. The van der Waals surface area contributed by atoms with Gasteiger partial charge in [-0.05, 0) is 31.2 Å². The van der Waals surface area contributed by atoms with E-state index >= 15 is 0 Å². The highest BCUT2D eigenvalue weighted by molar-refractivity contribution is 6.34.